The van der Waals surface area contributed by atoms with Gasteiger partial charge in [0.25, 0.3) is 0 Å². The van der Waals surface area contributed by atoms with Crippen molar-refractivity contribution < 1.29 is 8.42 Å². The van der Waals surface area contributed by atoms with Crippen LogP contribution in [-0.4, -0.2) is 38.6 Å². The van der Waals surface area contributed by atoms with Gasteiger partial charge in [-0.1, -0.05) is 6.42 Å². The largest absolute Gasteiger partial charge is 0.328 e. The van der Waals surface area contributed by atoms with Crippen molar-refractivity contribution in [1.29, 1.82) is 0 Å². The van der Waals surface area contributed by atoms with Crippen LogP contribution in [0.25, 0.3) is 0 Å². The zero-order valence-corrected chi connectivity index (χ0v) is 10.5. The monoisotopic (exact) mass is 246 g/mol. The summed E-state index contributed by atoms with van der Waals surface area (Å²) in [5.41, 5.74) is 5.92. The van der Waals surface area contributed by atoms with Crippen LogP contribution in [0.5, 0.6) is 0 Å². The third-order valence-corrected chi connectivity index (χ3v) is 5.57. The molecule has 3 atom stereocenters. The number of sulfone groups is 1. The third-order valence-electron chi connectivity index (χ3n) is 3.74. The van der Waals surface area contributed by atoms with Gasteiger partial charge in [0, 0.05) is 12.1 Å². The highest BCUT2D eigenvalue weighted by Gasteiger charge is 2.28. The molecule has 0 spiro atoms. The van der Waals surface area contributed by atoms with Crippen molar-refractivity contribution in [3.8, 4) is 0 Å². The van der Waals surface area contributed by atoms with E-state index in [1.165, 1.54) is 12.8 Å². The van der Waals surface area contributed by atoms with Crippen LogP contribution in [0.1, 0.15) is 32.1 Å². The van der Waals surface area contributed by atoms with E-state index >= 15 is 0 Å². The van der Waals surface area contributed by atoms with Gasteiger partial charge in [0.2, 0.25) is 0 Å². The molecular weight excluding hydrogens is 224 g/mol. The SMILES string of the molecule is NC1CCCC(NCC2CCS(=O)(=O)C2)C1. The van der Waals surface area contributed by atoms with E-state index in [1.807, 2.05) is 0 Å². The maximum absolute atomic E-state index is 11.3. The van der Waals surface area contributed by atoms with Gasteiger partial charge in [0.05, 0.1) is 11.5 Å². The summed E-state index contributed by atoms with van der Waals surface area (Å²) in [5.74, 6) is 1.07. The molecule has 3 unspecified atom stereocenters. The summed E-state index contributed by atoms with van der Waals surface area (Å²) < 4.78 is 22.6. The highest BCUT2D eigenvalue weighted by atomic mass is 32.2. The van der Waals surface area contributed by atoms with Gasteiger partial charge in [-0.05, 0) is 38.1 Å². The maximum Gasteiger partial charge on any atom is 0.150 e. The van der Waals surface area contributed by atoms with Gasteiger partial charge >= 0.3 is 0 Å². The Balaban J connectivity index is 1.71. The number of nitrogens with two attached hydrogens (primary N) is 1. The molecule has 3 N–H and O–H groups in total. The first-order chi connectivity index (χ1) is 7.55. The van der Waals surface area contributed by atoms with E-state index in [2.05, 4.69) is 5.32 Å². The number of nitrogens with one attached hydrogen (secondary N) is 1. The Bertz CT molecular complexity index is 329. The Labute approximate surface area is 97.9 Å². The lowest BCUT2D eigenvalue weighted by atomic mass is 9.91. The molecule has 1 saturated carbocycles. The summed E-state index contributed by atoms with van der Waals surface area (Å²) in [5, 5.41) is 3.49. The van der Waals surface area contributed by atoms with Gasteiger partial charge in [-0.3, -0.25) is 0 Å². The Kier molecular flexibility index (Phi) is 3.87. The molecule has 1 aliphatic heterocycles. The first-order valence-electron chi connectivity index (χ1n) is 6.24. The summed E-state index contributed by atoms with van der Waals surface area (Å²) in [6, 6.07) is 0.839. The minimum Gasteiger partial charge on any atom is -0.328 e. The van der Waals surface area contributed by atoms with E-state index in [-0.39, 0.29) is 0 Å². The van der Waals surface area contributed by atoms with Crippen molar-refractivity contribution in [3.63, 3.8) is 0 Å². The molecule has 0 aromatic heterocycles. The van der Waals surface area contributed by atoms with Gasteiger partial charge in [-0.2, -0.15) is 0 Å². The van der Waals surface area contributed by atoms with E-state index in [1.54, 1.807) is 0 Å². The molecule has 4 nitrogen and oxygen atoms in total. The van der Waals surface area contributed by atoms with E-state index in [0.29, 0.717) is 29.5 Å². The second-order valence-electron chi connectivity index (χ2n) is 5.30. The summed E-state index contributed by atoms with van der Waals surface area (Å²) in [6.45, 7) is 0.844. The Morgan fingerprint density at radius 3 is 2.69 bits per heavy atom. The van der Waals surface area contributed by atoms with Gasteiger partial charge in [0.1, 0.15) is 0 Å². The Morgan fingerprint density at radius 2 is 2.06 bits per heavy atom. The van der Waals surface area contributed by atoms with Crippen LogP contribution >= 0.6 is 0 Å². The number of hydrogen-bond acceptors (Lipinski definition) is 4. The molecule has 0 aromatic carbocycles. The van der Waals surface area contributed by atoms with Crippen LogP contribution in [-0.2, 0) is 9.84 Å². The van der Waals surface area contributed by atoms with Crippen LogP contribution < -0.4 is 11.1 Å². The molecule has 2 fully saturated rings. The quantitative estimate of drug-likeness (QED) is 0.750. The first-order valence-corrected chi connectivity index (χ1v) is 8.07. The standard InChI is InChI=1S/C11H22N2O2S/c12-10-2-1-3-11(6-10)13-7-9-4-5-16(14,15)8-9/h9-11,13H,1-8,12H2. The second-order valence-corrected chi connectivity index (χ2v) is 7.53. The molecule has 2 rings (SSSR count). The number of rotatable bonds is 3. The molecule has 5 heteroatoms. The van der Waals surface area contributed by atoms with Crippen LogP contribution in [0.2, 0.25) is 0 Å². The molecule has 1 heterocycles. The minimum absolute atomic E-state index is 0.322. The lowest BCUT2D eigenvalue weighted by molar-refractivity contribution is 0.326. The smallest absolute Gasteiger partial charge is 0.150 e. The van der Waals surface area contributed by atoms with Crippen molar-refractivity contribution in [1.82, 2.24) is 5.32 Å². The lowest BCUT2D eigenvalue weighted by Crippen LogP contribution is -2.41. The molecule has 0 aromatic rings. The van der Waals surface area contributed by atoms with E-state index in [9.17, 15) is 8.42 Å². The molecule has 0 radical (unpaired) electrons. The lowest BCUT2D eigenvalue weighted by Gasteiger charge is -2.28. The fourth-order valence-corrected chi connectivity index (χ4v) is 4.64. The van der Waals surface area contributed by atoms with Gasteiger partial charge in [0.15, 0.2) is 9.84 Å². The van der Waals surface area contributed by atoms with Crippen molar-refractivity contribution in [2.45, 2.75) is 44.2 Å². The summed E-state index contributed by atoms with van der Waals surface area (Å²) >= 11 is 0. The van der Waals surface area contributed by atoms with Crippen LogP contribution in [0.15, 0.2) is 0 Å². The van der Waals surface area contributed by atoms with Crippen LogP contribution in [0.4, 0.5) is 0 Å². The molecule has 1 saturated heterocycles. The van der Waals surface area contributed by atoms with Gasteiger partial charge < -0.3 is 11.1 Å². The zero-order chi connectivity index (χ0) is 11.6. The molecule has 94 valence electrons. The van der Waals surface area contributed by atoms with E-state index < -0.39 is 9.84 Å². The van der Waals surface area contributed by atoms with Crippen LogP contribution in [0.3, 0.4) is 0 Å². The molecular formula is C11H22N2O2S. The van der Waals surface area contributed by atoms with Gasteiger partial charge in [-0.15, -0.1) is 0 Å². The van der Waals surface area contributed by atoms with Crippen molar-refractivity contribution >= 4 is 9.84 Å². The maximum atomic E-state index is 11.3. The molecule has 0 amide bonds. The van der Waals surface area contributed by atoms with Gasteiger partial charge in [-0.25, -0.2) is 8.42 Å². The summed E-state index contributed by atoms with van der Waals surface area (Å²) in [7, 11) is -2.72. The Morgan fingerprint density at radius 1 is 1.25 bits per heavy atom. The van der Waals surface area contributed by atoms with Crippen molar-refractivity contribution in [3.05, 3.63) is 0 Å². The zero-order valence-electron chi connectivity index (χ0n) is 9.69. The molecule has 2 aliphatic rings. The highest BCUT2D eigenvalue weighted by Crippen LogP contribution is 2.20. The minimum atomic E-state index is -2.72. The molecule has 16 heavy (non-hydrogen) atoms. The normalized spacial score (nSPS) is 38.7. The molecule has 1 aliphatic carbocycles. The first kappa shape index (κ1) is 12.3. The number of hydrogen-bond donors (Lipinski definition) is 2. The fourth-order valence-electron chi connectivity index (χ4n) is 2.78. The Hall–Kier alpha value is -0.130. The predicted molar refractivity (Wildman–Crippen MR) is 65.0 cm³/mol. The summed E-state index contributed by atoms with van der Waals surface area (Å²) in [6.07, 6.45) is 5.39. The third kappa shape index (κ3) is 3.43. The molecule has 0 bridgehead atoms. The van der Waals surface area contributed by atoms with Crippen molar-refractivity contribution in [2.24, 2.45) is 11.7 Å². The highest BCUT2D eigenvalue weighted by molar-refractivity contribution is 7.91. The average molecular weight is 246 g/mol. The summed E-state index contributed by atoms with van der Waals surface area (Å²) in [4.78, 5) is 0. The van der Waals surface area contributed by atoms with E-state index in [4.69, 9.17) is 5.73 Å². The van der Waals surface area contributed by atoms with E-state index in [0.717, 1.165) is 25.8 Å². The van der Waals surface area contributed by atoms with Crippen molar-refractivity contribution in [2.75, 3.05) is 18.1 Å². The predicted octanol–water partition coefficient (Wildman–Crippen LogP) is 0.281. The fraction of sp³-hybridized carbons (Fsp3) is 1.00. The second kappa shape index (κ2) is 5.02. The topological polar surface area (TPSA) is 72.2 Å². The van der Waals surface area contributed by atoms with Crippen LogP contribution in [0, 0.1) is 5.92 Å². The average Bonchev–Trinajstić information content (AvgIpc) is 2.56.